The van der Waals surface area contributed by atoms with E-state index in [-0.39, 0.29) is 24.2 Å². The summed E-state index contributed by atoms with van der Waals surface area (Å²) in [6.45, 7) is 3.39. The third kappa shape index (κ3) is 5.82. The van der Waals surface area contributed by atoms with Crippen LogP contribution in [0.5, 0.6) is 0 Å². The molecular formula is C16H24ClN3O3. The maximum atomic E-state index is 12.1. The molecule has 0 bridgehead atoms. The molecule has 0 aromatic heterocycles. The smallest absolute Gasteiger partial charge is 0.251 e. The summed E-state index contributed by atoms with van der Waals surface area (Å²) in [5.41, 5.74) is 1.38. The maximum absolute atomic E-state index is 12.1. The number of carbonyl (C=O) groups is 2. The predicted molar refractivity (Wildman–Crippen MR) is 92.4 cm³/mol. The van der Waals surface area contributed by atoms with Crippen LogP contribution in [0.3, 0.4) is 0 Å². The molecule has 2 amide bonds. The number of nitrogens with one attached hydrogen (secondary N) is 2. The normalized spacial score (nSPS) is 13.8. The van der Waals surface area contributed by atoms with Crippen LogP contribution in [0.25, 0.3) is 0 Å². The summed E-state index contributed by atoms with van der Waals surface area (Å²) >= 11 is 0. The van der Waals surface area contributed by atoms with Crippen molar-refractivity contribution in [1.29, 1.82) is 0 Å². The minimum Gasteiger partial charge on any atom is -0.383 e. The number of hydrogen-bond acceptors (Lipinski definition) is 4. The van der Waals surface area contributed by atoms with Crippen molar-refractivity contribution < 1.29 is 14.3 Å². The summed E-state index contributed by atoms with van der Waals surface area (Å²) in [5.74, 6) is 0.00180. The fraction of sp³-hybridized carbons (Fsp3) is 0.500. The van der Waals surface area contributed by atoms with Crippen LogP contribution >= 0.6 is 12.4 Å². The van der Waals surface area contributed by atoms with Crippen molar-refractivity contribution >= 4 is 29.9 Å². The summed E-state index contributed by atoms with van der Waals surface area (Å²) in [6.07, 6.45) is 1.46. The summed E-state index contributed by atoms with van der Waals surface area (Å²) < 4.78 is 4.93. The number of methoxy groups -OCH3 is 1. The first-order valence-corrected chi connectivity index (χ1v) is 7.60. The van der Waals surface area contributed by atoms with E-state index in [1.165, 1.54) is 0 Å². The van der Waals surface area contributed by atoms with Crippen LogP contribution in [-0.2, 0) is 9.53 Å². The third-order valence-corrected chi connectivity index (χ3v) is 3.56. The van der Waals surface area contributed by atoms with Gasteiger partial charge in [0, 0.05) is 51.0 Å². The van der Waals surface area contributed by atoms with Crippen LogP contribution in [0.2, 0.25) is 0 Å². The van der Waals surface area contributed by atoms with Gasteiger partial charge in [0.2, 0.25) is 5.91 Å². The Morgan fingerprint density at radius 1 is 1.30 bits per heavy atom. The van der Waals surface area contributed by atoms with Crippen molar-refractivity contribution in [3.63, 3.8) is 0 Å². The van der Waals surface area contributed by atoms with Crippen LogP contribution in [-0.4, -0.2) is 51.7 Å². The van der Waals surface area contributed by atoms with Gasteiger partial charge in [-0.3, -0.25) is 9.59 Å². The van der Waals surface area contributed by atoms with E-state index < -0.39 is 0 Å². The van der Waals surface area contributed by atoms with Gasteiger partial charge in [-0.2, -0.15) is 0 Å². The molecule has 0 aliphatic carbocycles. The van der Waals surface area contributed by atoms with E-state index in [1.807, 2.05) is 12.1 Å². The molecule has 2 rings (SSSR count). The van der Waals surface area contributed by atoms with Gasteiger partial charge in [-0.15, -0.1) is 12.4 Å². The molecule has 128 valence electrons. The maximum Gasteiger partial charge on any atom is 0.251 e. The second-order valence-corrected chi connectivity index (χ2v) is 5.20. The molecule has 6 nitrogen and oxygen atoms in total. The first kappa shape index (κ1) is 19.4. The second-order valence-electron chi connectivity index (χ2n) is 5.20. The largest absolute Gasteiger partial charge is 0.383 e. The van der Waals surface area contributed by atoms with Gasteiger partial charge in [0.25, 0.3) is 5.91 Å². The molecule has 0 radical (unpaired) electrons. The third-order valence-electron chi connectivity index (χ3n) is 3.56. The van der Waals surface area contributed by atoms with Gasteiger partial charge < -0.3 is 20.3 Å². The quantitative estimate of drug-likeness (QED) is 0.697. The first-order chi connectivity index (χ1) is 10.7. The average molecular weight is 342 g/mol. The first-order valence-electron chi connectivity index (χ1n) is 7.60. The molecule has 1 saturated heterocycles. The lowest BCUT2D eigenvalue weighted by Gasteiger charge is -2.16. The molecule has 23 heavy (non-hydrogen) atoms. The highest BCUT2D eigenvalue weighted by Crippen LogP contribution is 2.22. The molecule has 1 aromatic carbocycles. The highest BCUT2D eigenvalue weighted by Gasteiger charge is 2.22. The van der Waals surface area contributed by atoms with E-state index >= 15 is 0 Å². The number of halogens is 1. The zero-order chi connectivity index (χ0) is 15.8. The van der Waals surface area contributed by atoms with Crippen LogP contribution in [0.4, 0.5) is 5.69 Å². The molecule has 1 fully saturated rings. The highest BCUT2D eigenvalue weighted by atomic mass is 35.5. The Labute approximate surface area is 143 Å². The SMILES string of the molecule is COCCNCCNC(=O)c1cccc(N2CCCC2=O)c1.Cl. The summed E-state index contributed by atoms with van der Waals surface area (Å²) in [5, 5.41) is 6.02. The summed E-state index contributed by atoms with van der Waals surface area (Å²) in [4.78, 5) is 25.6. The molecule has 1 aromatic rings. The van der Waals surface area contributed by atoms with Gasteiger partial charge in [0.1, 0.15) is 0 Å². The van der Waals surface area contributed by atoms with Gasteiger partial charge in [0.05, 0.1) is 6.61 Å². The van der Waals surface area contributed by atoms with E-state index in [0.717, 1.165) is 25.2 Å². The van der Waals surface area contributed by atoms with Gasteiger partial charge >= 0.3 is 0 Å². The van der Waals surface area contributed by atoms with E-state index in [0.29, 0.717) is 31.7 Å². The Morgan fingerprint density at radius 3 is 2.83 bits per heavy atom. The molecule has 0 unspecified atom stereocenters. The minimum absolute atomic E-state index is 0. The average Bonchev–Trinajstić information content (AvgIpc) is 2.97. The lowest BCUT2D eigenvalue weighted by atomic mass is 10.1. The molecular weight excluding hydrogens is 318 g/mol. The Morgan fingerprint density at radius 2 is 2.13 bits per heavy atom. The van der Waals surface area contributed by atoms with Crippen LogP contribution in [0, 0.1) is 0 Å². The number of benzene rings is 1. The molecule has 0 saturated carbocycles. The number of nitrogens with zero attached hydrogens (tertiary/aromatic N) is 1. The Balaban J connectivity index is 0.00000264. The van der Waals surface area contributed by atoms with Crippen molar-refractivity contribution in [2.24, 2.45) is 0 Å². The molecule has 1 heterocycles. The molecule has 2 N–H and O–H groups in total. The van der Waals surface area contributed by atoms with Gasteiger partial charge in [-0.25, -0.2) is 0 Å². The van der Waals surface area contributed by atoms with Gasteiger partial charge in [0.15, 0.2) is 0 Å². The second kappa shape index (κ2) is 10.2. The Hall–Kier alpha value is -1.63. The van der Waals surface area contributed by atoms with Gasteiger partial charge in [-0.1, -0.05) is 6.07 Å². The van der Waals surface area contributed by atoms with Crippen LogP contribution in [0.1, 0.15) is 23.2 Å². The van der Waals surface area contributed by atoms with E-state index in [9.17, 15) is 9.59 Å². The molecule has 0 atom stereocenters. The molecule has 7 heteroatoms. The number of ether oxygens (including phenoxy) is 1. The fourth-order valence-corrected chi connectivity index (χ4v) is 2.40. The van der Waals surface area contributed by atoms with E-state index in [2.05, 4.69) is 10.6 Å². The molecule has 0 spiro atoms. The summed E-state index contributed by atoms with van der Waals surface area (Å²) in [7, 11) is 1.65. The van der Waals surface area contributed by atoms with E-state index in [1.54, 1.807) is 24.1 Å². The molecule has 1 aliphatic rings. The topological polar surface area (TPSA) is 70.7 Å². The number of amides is 2. The van der Waals surface area contributed by atoms with E-state index in [4.69, 9.17) is 4.74 Å². The number of carbonyl (C=O) groups excluding carboxylic acids is 2. The number of rotatable bonds is 8. The lowest BCUT2D eigenvalue weighted by molar-refractivity contribution is -0.117. The van der Waals surface area contributed by atoms with Crippen LogP contribution < -0.4 is 15.5 Å². The van der Waals surface area contributed by atoms with Gasteiger partial charge in [-0.05, 0) is 24.6 Å². The fourth-order valence-electron chi connectivity index (χ4n) is 2.40. The van der Waals surface area contributed by atoms with Crippen molar-refractivity contribution in [1.82, 2.24) is 10.6 Å². The lowest BCUT2D eigenvalue weighted by Crippen LogP contribution is -2.33. The minimum atomic E-state index is -0.123. The standard InChI is InChI=1S/C16H23N3O3.ClH/c1-22-11-9-17-7-8-18-16(21)13-4-2-5-14(12-13)19-10-3-6-15(19)20;/h2,4-5,12,17H,3,6-11H2,1H3,(H,18,21);1H. The zero-order valence-corrected chi connectivity index (χ0v) is 14.2. The van der Waals surface area contributed by atoms with Crippen molar-refractivity contribution in [2.75, 3.05) is 44.8 Å². The molecule has 1 aliphatic heterocycles. The Bertz CT molecular complexity index is 525. The van der Waals surface area contributed by atoms with Crippen molar-refractivity contribution in [2.45, 2.75) is 12.8 Å². The predicted octanol–water partition coefficient (Wildman–Crippen LogP) is 1.20. The van der Waals surface area contributed by atoms with Crippen molar-refractivity contribution in [3.8, 4) is 0 Å². The van der Waals surface area contributed by atoms with Crippen molar-refractivity contribution in [3.05, 3.63) is 29.8 Å². The number of hydrogen-bond donors (Lipinski definition) is 2. The highest BCUT2D eigenvalue weighted by molar-refractivity contribution is 5.99. The number of anilines is 1. The zero-order valence-electron chi connectivity index (χ0n) is 13.3. The van der Waals surface area contributed by atoms with Crippen LogP contribution in [0.15, 0.2) is 24.3 Å². The Kier molecular flexibility index (Phi) is 8.61. The summed E-state index contributed by atoms with van der Waals surface area (Å²) in [6, 6.07) is 7.22. The monoisotopic (exact) mass is 341 g/mol.